The van der Waals surface area contributed by atoms with Gasteiger partial charge in [-0.1, -0.05) is 141 Å². The first-order chi connectivity index (χ1) is 30.1. The van der Waals surface area contributed by atoms with Crippen LogP contribution in [0.1, 0.15) is 194 Å². The van der Waals surface area contributed by atoms with Gasteiger partial charge in [0.2, 0.25) is 0 Å². The van der Waals surface area contributed by atoms with Crippen molar-refractivity contribution < 1.29 is 51.2 Å². The Labute approximate surface area is 374 Å². The molecule has 10 nitrogen and oxygen atoms in total. The van der Waals surface area contributed by atoms with Crippen molar-refractivity contribution in [3.05, 3.63) is 24.3 Å². The fourth-order valence-corrected chi connectivity index (χ4v) is 6.97. The molecule has 0 saturated carbocycles. The van der Waals surface area contributed by atoms with Crippen molar-refractivity contribution in [3.8, 4) is 0 Å². The van der Waals surface area contributed by atoms with Crippen LogP contribution in [0.25, 0.3) is 0 Å². The topological polar surface area (TPSA) is 113 Å². The van der Waals surface area contributed by atoms with E-state index in [0.29, 0.717) is 39.1 Å². The number of hydrogen-bond donors (Lipinski definition) is 1. The SMILES string of the molecule is CCCCC/C=C\C/C=C\CCCCCCCC(=O)OCC(COC(=O)CCC(OCCCCCCCC)OCCCCCCCC)COC(=O)NC1CN(CCC(F)(F)F)C1. The average molecular weight is 889 g/mol. The zero-order valence-electron chi connectivity index (χ0n) is 39.1. The number of ether oxygens (including phenoxy) is 5. The van der Waals surface area contributed by atoms with E-state index in [1.165, 1.54) is 70.6 Å². The number of likely N-dealkylation sites (tertiary alicyclic amines) is 1. The number of carbonyl (C=O) groups is 3. The van der Waals surface area contributed by atoms with Crippen LogP contribution in [0.5, 0.6) is 0 Å². The summed E-state index contributed by atoms with van der Waals surface area (Å²) in [5.41, 5.74) is 0. The molecule has 0 aromatic heterocycles. The Kier molecular flexibility index (Phi) is 36.9. The molecule has 1 aliphatic rings. The minimum Gasteiger partial charge on any atom is -0.465 e. The molecule has 0 spiro atoms. The standard InChI is InChI=1S/C49H87F3N2O8/c1-4-7-10-13-16-17-18-19-20-21-22-23-24-25-28-31-45(55)60-40-43(42-62-48(57)53-44-38-54(39-44)35-34-49(50,51)52)41-61-46(56)32-33-47(58-36-29-26-14-11-8-5-2)59-37-30-27-15-12-9-6-3/h16-17,19-20,43-44,47H,4-15,18,21-42H2,1-3H3,(H,53,57)/b17-16-,20-19-. The summed E-state index contributed by atoms with van der Waals surface area (Å²) >= 11 is 0. The summed E-state index contributed by atoms with van der Waals surface area (Å²) in [6.07, 6.45) is 28.9. The first-order valence-electron chi connectivity index (χ1n) is 24.6. The Morgan fingerprint density at radius 3 is 1.65 bits per heavy atom. The monoisotopic (exact) mass is 889 g/mol. The van der Waals surface area contributed by atoms with E-state index in [9.17, 15) is 27.6 Å². The Morgan fingerprint density at radius 1 is 0.613 bits per heavy atom. The number of hydrogen-bond acceptors (Lipinski definition) is 9. The highest BCUT2D eigenvalue weighted by molar-refractivity contribution is 5.70. The Balaban J connectivity index is 2.55. The third-order valence-corrected chi connectivity index (χ3v) is 10.9. The number of nitrogens with zero attached hydrogens (tertiary/aromatic N) is 1. The minimum absolute atomic E-state index is 0.0743. The van der Waals surface area contributed by atoms with Crippen molar-refractivity contribution in [3.63, 3.8) is 0 Å². The number of alkyl carbamates (subject to hydrolysis) is 1. The number of nitrogens with one attached hydrogen (secondary N) is 1. The van der Waals surface area contributed by atoms with Crippen molar-refractivity contribution >= 4 is 18.0 Å². The fourth-order valence-electron chi connectivity index (χ4n) is 6.97. The molecule has 1 atom stereocenters. The molecule has 1 rings (SSSR count). The number of amides is 1. The zero-order chi connectivity index (χ0) is 45.4. The van der Waals surface area contributed by atoms with Gasteiger partial charge in [-0.25, -0.2) is 4.79 Å². The molecule has 0 aromatic carbocycles. The van der Waals surface area contributed by atoms with Gasteiger partial charge in [-0.05, 0) is 51.4 Å². The first-order valence-corrected chi connectivity index (χ1v) is 24.6. The molecule has 1 aliphatic heterocycles. The van der Waals surface area contributed by atoms with Gasteiger partial charge < -0.3 is 29.0 Å². The minimum atomic E-state index is -4.23. The fraction of sp³-hybridized carbons (Fsp3) is 0.857. The van der Waals surface area contributed by atoms with Crippen molar-refractivity contribution in [2.24, 2.45) is 5.92 Å². The van der Waals surface area contributed by atoms with Crippen LogP contribution in [0.3, 0.4) is 0 Å². The number of halogens is 3. The smallest absolute Gasteiger partial charge is 0.407 e. The number of allylic oxidation sites excluding steroid dienone is 4. The average Bonchev–Trinajstić information content (AvgIpc) is 3.23. The van der Waals surface area contributed by atoms with Gasteiger partial charge in [0.15, 0.2) is 6.29 Å². The van der Waals surface area contributed by atoms with Gasteiger partial charge in [0.25, 0.3) is 0 Å². The van der Waals surface area contributed by atoms with Crippen molar-refractivity contribution in [1.29, 1.82) is 0 Å². The van der Waals surface area contributed by atoms with E-state index in [0.717, 1.165) is 70.6 Å². The highest BCUT2D eigenvalue weighted by Gasteiger charge is 2.33. The third-order valence-electron chi connectivity index (χ3n) is 10.9. The summed E-state index contributed by atoms with van der Waals surface area (Å²) in [5.74, 6) is -1.43. The summed E-state index contributed by atoms with van der Waals surface area (Å²) in [6, 6.07) is -0.326. The van der Waals surface area contributed by atoms with Gasteiger partial charge >= 0.3 is 24.2 Å². The molecule has 0 radical (unpaired) electrons. The van der Waals surface area contributed by atoms with E-state index in [2.05, 4.69) is 50.4 Å². The summed E-state index contributed by atoms with van der Waals surface area (Å²) in [5, 5.41) is 2.67. The molecule has 1 heterocycles. The number of unbranched alkanes of at least 4 members (excludes halogenated alkanes) is 18. The van der Waals surface area contributed by atoms with Crippen molar-refractivity contribution in [2.45, 2.75) is 213 Å². The maximum atomic E-state index is 12.9. The van der Waals surface area contributed by atoms with Crippen LogP contribution in [0, 0.1) is 5.92 Å². The van der Waals surface area contributed by atoms with E-state index in [1.54, 1.807) is 4.90 Å². The van der Waals surface area contributed by atoms with Crippen LogP contribution in [-0.4, -0.2) is 94.1 Å². The first kappa shape index (κ1) is 57.4. The van der Waals surface area contributed by atoms with Crippen LogP contribution in [0.2, 0.25) is 0 Å². The van der Waals surface area contributed by atoms with E-state index >= 15 is 0 Å². The van der Waals surface area contributed by atoms with E-state index < -0.39 is 36.9 Å². The second kappa shape index (κ2) is 39.9. The molecule has 362 valence electrons. The summed E-state index contributed by atoms with van der Waals surface area (Å²) in [6.45, 7) is 7.82. The molecule has 1 saturated heterocycles. The van der Waals surface area contributed by atoms with Gasteiger partial charge in [-0.3, -0.25) is 14.5 Å². The molecule has 1 N–H and O–H groups in total. The number of carbonyl (C=O) groups excluding carboxylic acids is 3. The Hall–Kier alpha value is -2.64. The predicted molar refractivity (Wildman–Crippen MR) is 242 cm³/mol. The van der Waals surface area contributed by atoms with Gasteiger partial charge in [0, 0.05) is 45.7 Å². The number of alkyl halides is 3. The highest BCUT2D eigenvalue weighted by atomic mass is 19.4. The largest absolute Gasteiger partial charge is 0.465 e. The van der Waals surface area contributed by atoms with Gasteiger partial charge in [0.05, 0.1) is 24.8 Å². The van der Waals surface area contributed by atoms with Gasteiger partial charge in [-0.15, -0.1) is 0 Å². The number of rotatable bonds is 42. The predicted octanol–water partition coefficient (Wildman–Crippen LogP) is 12.7. The maximum absolute atomic E-state index is 12.9. The molecule has 1 unspecified atom stereocenters. The summed E-state index contributed by atoms with van der Waals surface area (Å²) in [4.78, 5) is 39.8. The maximum Gasteiger partial charge on any atom is 0.407 e. The quantitative estimate of drug-likeness (QED) is 0.0210. The van der Waals surface area contributed by atoms with E-state index in [-0.39, 0.29) is 51.2 Å². The molecule has 0 bridgehead atoms. The number of esters is 2. The summed E-state index contributed by atoms with van der Waals surface area (Å²) in [7, 11) is 0. The van der Waals surface area contributed by atoms with E-state index in [1.807, 2.05) is 0 Å². The molecular weight excluding hydrogens is 802 g/mol. The highest BCUT2D eigenvalue weighted by Crippen LogP contribution is 2.22. The molecule has 1 fully saturated rings. The second-order valence-corrected chi connectivity index (χ2v) is 17.0. The second-order valence-electron chi connectivity index (χ2n) is 17.0. The normalized spacial score (nSPS) is 14.2. The molecule has 0 aromatic rings. The Bertz CT molecular complexity index is 1130. The summed E-state index contributed by atoms with van der Waals surface area (Å²) < 4.78 is 66.4. The van der Waals surface area contributed by atoms with Crippen molar-refractivity contribution in [2.75, 3.05) is 52.7 Å². The van der Waals surface area contributed by atoms with Crippen LogP contribution in [0.4, 0.5) is 18.0 Å². The van der Waals surface area contributed by atoms with Crippen LogP contribution in [0.15, 0.2) is 24.3 Å². The molecule has 62 heavy (non-hydrogen) atoms. The lowest BCUT2D eigenvalue weighted by atomic mass is 10.1. The van der Waals surface area contributed by atoms with Gasteiger partial charge in [0.1, 0.15) is 19.8 Å². The molecule has 13 heteroatoms. The molecule has 0 aliphatic carbocycles. The zero-order valence-corrected chi connectivity index (χ0v) is 39.1. The lowest BCUT2D eigenvalue weighted by Gasteiger charge is -2.39. The van der Waals surface area contributed by atoms with Gasteiger partial charge in [-0.2, -0.15) is 13.2 Å². The Morgan fingerprint density at radius 2 is 1.08 bits per heavy atom. The van der Waals surface area contributed by atoms with Crippen molar-refractivity contribution in [1.82, 2.24) is 10.2 Å². The lowest BCUT2D eigenvalue weighted by molar-refractivity contribution is -0.161. The van der Waals surface area contributed by atoms with Crippen LogP contribution >= 0.6 is 0 Å². The molecular formula is C49H87F3N2O8. The third kappa shape index (κ3) is 36.8. The van der Waals surface area contributed by atoms with Crippen LogP contribution in [-0.2, 0) is 33.3 Å². The van der Waals surface area contributed by atoms with E-state index in [4.69, 9.17) is 23.7 Å². The molecule has 1 amide bonds. The lowest BCUT2D eigenvalue weighted by Crippen LogP contribution is -2.59. The van der Waals surface area contributed by atoms with Crippen LogP contribution < -0.4 is 5.32 Å².